The summed E-state index contributed by atoms with van der Waals surface area (Å²) in [5.41, 5.74) is -0.435. The maximum absolute atomic E-state index is 11.6. The fourth-order valence-corrected chi connectivity index (χ4v) is 1.08. The standard InChI is InChI=1S/C10H19NO3/c1-7(8-6-13-8)11(5)9(12)14-10(2,3)4/h7-8H,6H2,1-5H3/t7?,8-/m1/s1. The Balaban J connectivity index is 2.43. The predicted molar refractivity (Wildman–Crippen MR) is 53.2 cm³/mol. The van der Waals surface area contributed by atoms with Crippen molar-refractivity contribution in [2.24, 2.45) is 0 Å². The molecule has 1 aliphatic rings. The number of carbonyl (C=O) groups excluding carboxylic acids is 1. The molecule has 4 heteroatoms. The summed E-state index contributed by atoms with van der Waals surface area (Å²) in [7, 11) is 1.74. The molecule has 0 aromatic heterocycles. The summed E-state index contributed by atoms with van der Waals surface area (Å²) in [4.78, 5) is 13.2. The second-order valence-electron chi connectivity index (χ2n) is 4.70. The van der Waals surface area contributed by atoms with Crippen LogP contribution in [0, 0.1) is 0 Å². The summed E-state index contributed by atoms with van der Waals surface area (Å²) < 4.78 is 10.4. The Kier molecular flexibility index (Phi) is 3.04. The quantitative estimate of drug-likeness (QED) is 0.638. The number of ether oxygens (including phenoxy) is 2. The summed E-state index contributed by atoms with van der Waals surface area (Å²) >= 11 is 0. The highest BCUT2D eigenvalue weighted by atomic mass is 16.6. The fourth-order valence-electron chi connectivity index (χ4n) is 1.08. The van der Waals surface area contributed by atoms with Gasteiger partial charge in [0.25, 0.3) is 0 Å². The molecule has 2 atom stereocenters. The number of likely N-dealkylation sites (N-methyl/N-ethyl adjacent to an activating group) is 1. The Labute approximate surface area is 85.2 Å². The second-order valence-corrected chi connectivity index (χ2v) is 4.70. The first-order valence-corrected chi connectivity index (χ1v) is 4.88. The van der Waals surface area contributed by atoms with Gasteiger partial charge in [-0.3, -0.25) is 0 Å². The van der Waals surface area contributed by atoms with E-state index in [0.29, 0.717) is 0 Å². The van der Waals surface area contributed by atoms with Crippen LogP contribution in [0.3, 0.4) is 0 Å². The molecule has 0 aliphatic carbocycles. The molecule has 0 radical (unpaired) electrons. The zero-order chi connectivity index (χ0) is 10.9. The van der Waals surface area contributed by atoms with Gasteiger partial charge in [0.15, 0.2) is 0 Å². The van der Waals surface area contributed by atoms with Gasteiger partial charge in [-0.1, -0.05) is 0 Å². The molecular weight excluding hydrogens is 182 g/mol. The predicted octanol–water partition coefficient (Wildman–Crippen LogP) is 1.64. The lowest BCUT2D eigenvalue weighted by Crippen LogP contribution is -2.41. The number of rotatable bonds is 2. The van der Waals surface area contributed by atoms with Crippen LogP contribution in [-0.2, 0) is 9.47 Å². The van der Waals surface area contributed by atoms with E-state index in [1.165, 1.54) is 0 Å². The molecule has 82 valence electrons. The van der Waals surface area contributed by atoms with Crippen molar-refractivity contribution in [3.8, 4) is 0 Å². The van der Waals surface area contributed by atoms with E-state index in [-0.39, 0.29) is 18.2 Å². The third kappa shape index (κ3) is 3.18. The average Bonchev–Trinajstić information content (AvgIpc) is 2.80. The van der Waals surface area contributed by atoms with Crippen LogP contribution >= 0.6 is 0 Å². The zero-order valence-corrected chi connectivity index (χ0v) is 9.53. The highest BCUT2D eigenvalue weighted by Gasteiger charge is 2.35. The first-order valence-electron chi connectivity index (χ1n) is 4.88. The molecule has 1 unspecified atom stereocenters. The molecule has 1 rings (SSSR count). The summed E-state index contributed by atoms with van der Waals surface area (Å²) in [6.07, 6.45) is -0.104. The van der Waals surface area contributed by atoms with Crippen molar-refractivity contribution < 1.29 is 14.3 Å². The van der Waals surface area contributed by atoms with E-state index in [4.69, 9.17) is 9.47 Å². The highest BCUT2D eigenvalue weighted by molar-refractivity contribution is 5.68. The van der Waals surface area contributed by atoms with Gasteiger partial charge in [0.2, 0.25) is 0 Å². The summed E-state index contributed by atoms with van der Waals surface area (Å²) in [6.45, 7) is 8.28. The summed E-state index contributed by atoms with van der Waals surface area (Å²) in [5.74, 6) is 0. The van der Waals surface area contributed by atoms with Crippen LogP contribution in [0.25, 0.3) is 0 Å². The van der Waals surface area contributed by atoms with Crippen LogP contribution in [0.2, 0.25) is 0 Å². The van der Waals surface area contributed by atoms with Gasteiger partial charge in [-0.15, -0.1) is 0 Å². The number of amides is 1. The Bertz CT molecular complexity index is 218. The van der Waals surface area contributed by atoms with E-state index in [1.54, 1.807) is 11.9 Å². The third-order valence-electron chi connectivity index (χ3n) is 2.19. The topological polar surface area (TPSA) is 42.1 Å². The number of epoxide rings is 1. The van der Waals surface area contributed by atoms with E-state index in [0.717, 1.165) is 6.61 Å². The molecule has 0 aromatic rings. The molecule has 1 fully saturated rings. The minimum Gasteiger partial charge on any atom is -0.444 e. The monoisotopic (exact) mass is 201 g/mol. The van der Waals surface area contributed by atoms with Crippen LogP contribution in [0.5, 0.6) is 0 Å². The molecule has 4 nitrogen and oxygen atoms in total. The molecule has 0 saturated carbocycles. The van der Waals surface area contributed by atoms with Gasteiger partial charge in [0.1, 0.15) is 11.7 Å². The molecule has 14 heavy (non-hydrogen) atoms. The van der Waals surface area contributed by atoms with Crippen molar-refractivity contribution in [1.82, 2.24) is 4.90 Å². The lowest BCUT2D eigenvalue weighted by Gasteiger charge is -2.27. The Morgan fingerprint density at radius 2 is 2.07 bits per heavy atom. The van der Waals surface area contributed by atoms with Gasteiger partial charge in [0, 0.05) is 7.05 Å². The van der Waals surface area contributed by atoms with E-state index in [2.05, 4.69) is 0 Å². The van der Waals surface area contributed by atoms with Crippen molar-refractivity contribution in [2.75, 3.05) is 13.7 Å². The molecule has 1 amide bonds. The van der Waals surface area contributed by atoms with E-state index >= 15 is 0 Å². The number of carbonyl (C=O) groups is 1. The normalized spacial score (nSPS) is 22.8. The largest absolute Gasteiger partial charge is 0.444 e. The van der Waals surface area contributed by atoms with E-state index < -0.39 is 5.60 Å². The lowest BCUT2D eigenvalue weighted by atomic mass is 10.2. The molecule has 1 heterocycles. The molecule has 1 aliphatic heterocycles. The summed E-state index contributed by atoms with van der Waals surface area (Å²) in [6, 6.07) is 0.0878. The van der Waals surface area contributed by atoms with Crippen molar-refractivity contribution >= 4 is 6.09 Å². The van der Waals surface area contributed by atoms with Gasteiger partial charge in [-0.2, -0.15) is 0 Å². The average molecular weight is 201 g/mol. The zero-order valence-electron chi connectivity index (χ0n) is 9.53. The number of nitrogens with zero attached hydrogens (tertiary/aromatic N) is 1. The number of hydrogen-bond donors (Lipinski definition) is 0. The lowest BCUT2D eigenvalue weighted by molar-refractivity contribution is 0.0212. The molecular formula is C10H19NO3. The van der Waals surface area contributed by atoms with Crippen LogP contribution < -0.4 is 0 Å². The molecule has 0 spiro atoms. The van der Waals surface area contributed by atoms with Gasteiger partial charge in [0.05, 0.1) is 12.6 Å². The van der Waals surface area contributed by atoms with E-state index in [9.17, 15) is 4.79 Å². The van der Waals surface area contributed by atoms with Gasteiger partial charge in [-0.05, 0) is 27.7 Å². The Hall–Kier alpha value is -0.770. The third-order valence-corrected chi connectivity index (χ3v) is 2.19. The highest BCUT2D eigenvalue weighted by Crippen LogP contribution is 2.19. The number of hydrogen-bond acceptors (Lipinski definition) is 3. The maximum Gasteiger partial charge on any atom is 0.410 e. The van der Waals surface area contributed by atoms with Crippen molar-refractivity contribution in [3.05, 3.63) is 0 Å². The van der Waals surface area contributed by atoms with Gasteiger partial charge >= 0.3 is 6.09 Å². The van der Waals surface area contributed by atoms with Gasteiger partial charge in [-0.25, -0.2) is 4.79 Å². The SMILES string of the molecule is CC([C@H]1CO1)N(C)C(=O)OC(C)(C)C. The first-order chi connectivity index (χ1) is 6.31. The van der Waals surface area contributed by atoms with Gasteiger partial charge < -0.3 is 14.4 Å². The smallest absolute Gasteiger partial charge is 0.410 e. The molecule has 0 aromatic carbocycles. The minimum atomic E-state index is -0.435. The molecule has 0 N–H and O–H groups in total. The van der Waals surface area contributed by atoms with Crippen LogP contribution in [-0.4, -0.2) is 42.4 Å². The molecule has 1 saturated heterocycles. The maximum atomic E-state index is 11.6. The van der Waals surface area contributed by atoms with Crippen LogP contribution in [0.1, 0.15) is 27.7 Å². The Morgan fingerprint density at radius 3 is 2.43 bits per heavy atom. The van der Waals surface area contributed by atoms with Crippen LogP contribution in [0.4, 0.5) is 4.79 Å². The van der Waals surface area contributed by atoms with Crippen molar-refractivity contribution in [2.45, 2.75) is 45.4 Å². The fraction of sp³-hybridized carbons (Fsp3) is 0.900. The Morgan fingerprint density at radius 1 is 1.57 bits per heavy atom. The van der Waals surface area contributed by atoms with E-state index in [1.807, 2.05) is 27.7 Å². The van der Waals surface area contributed by atoms with Crippen molar-refractivity contribution in [3.63, 3.8) is 0 Å². The molecule has 0 bridgehead atoms. The van der Waals surface area contributed by atoms with Crippen molar-refractivity contribution in [1.29, 1.82) is 0 Å². The minimum absolute atomic E-state index is 0.0878. The summed E-state index contributed by atoms with van der Waals surface area (Å²) in [5, 5.41) is 0. The van der Waals surface area contributed by atoms with Crippen LogP contribution in [0.15, 0.2) is 0 Å². The first kappa shape index (κ1) is 11.3. The second kappa shape index (κ2) is 3.77.